The van der Waals surface area contributed by atoms with E-state index in [0.717, 1.165) is 15.7 Å². The molecule has 1 saturated heterocycles. The zero-order chi connectivity index (χ0) is 15.5. The minimum absolute atomic E-state index is 0.143. The highest BCUT2D eigenvalue weighted by atomic mass is 79.9. The summed E-state index contributed by atoms with van der Waals surface area (Å²) in [5.41, 5.74) is 1.71. The maximum atomic E-state index is 12.0. The summed E-state index contributed by atoms with van der Waals surface area (Å²) >= 11 is 10.6. The average molecular weight is 394 g/mol. The van der Waals surface area contributed by atoms with Gasteiger partial charge in [-0.2, -0.15) is 0 Å². The van der Waals surface area contributed by atoms with E-state index in [9.17, 15) is 4.79 Å². The Balaban J connectivity index is 1.80. The topological polar surface area (TPSA) is 41.5 Å². The molecule has 1 heterocycles. The van der Waals surface area contributed by atoms with E-state index in [-0.39, 0.29) is 5.91 Å². The van der Waals surface area contributed by atoms with Gasteiger partial charge in [-0.1, -0.05) is 39.7 Å². The Morgan fingerprint density at radius 1 is 1.09 bits per heavy atom. The van der Waals surface area contributed by atoms with Crippen molar-refractivity contribution >= 4 is 62.1 Å². The maximum absolute atomic E-state index is 12.0. The molecule has 3 rings (SSSR count). The number of thioether (sulfide) groups is 1. The lowest BCUT2D eigenvalue weighted by Crippen LogP contribution is -2.19. The number of aliphatic imine (C=N–C) groups is 1. The second-order valence-electron chi connectivity index (χ2n) is 4.51. The fourth-order valence-corrected chi connectivity index (χ4v) is 3.06. The molecule has 0 radical (unpaired) electrons. The molecule has 0 saturated carbocycles. The number of amidine groups is 1. The van der Waals surface area contributed by atoms with E-state index in [4.69, 9.17) is 11.6 Å². The van der Waals surface area contributed by atoms with E-state index < -0.39 is 0 Å². The maximum Gasteiger partial charge on any atom is 0.264 e. The summed E-state index contributed by atoms with van der Waals surface area (Å²) in [6, 6.07) is 14.9. The number of hydrogen-bond donors (Lipinski definition) is 1. The molecular formula is C16H10BrClN2OS. The van der Waals surface area contributed by atoms with Crippen LogP contribution < -0.4 is 5.32 Å². The van der Waals surface area contributed by atoms with Crippen LogP contribution >= 0.6 is 39.3 Å². The number of amides is 1. The van der Waals surface area contributed by atoms with Crippen LogP contribution in [-0.4, -0.2) is 11.1 Å². The number of carbonyl (C=O) groups is 1. The van der Waals surface area contributed by atoms with Gasteiger partial charge in [0.05, 0.1) is 10.6 Å². The van der Waals surface area contributed by atoms with Gasteiger partial charge in [0.1, 0.15) is 0 Å². The summed E-state index contributed by atoms with van der Waals surface area (Å²) < 4.78 is 0.989. The predicted octanol–water partition coefficient (Wildman–Crippen LogP) is 4.99. The fourth-order valence-electron chi connectivity index (χ4n) is 1.82. The predicted molar refractivity (Wildman–Crippen MR) is 96.4 cm³/mol. The van der Waals surface area contributed by atoms with Gasteiger partial charge in [-0.05, 0) is 59.8 Å². The molecule has 0 atom stereocenters. The molecule has 0 spiro atoms. The van der Waals surface area contributed by atoms with Crippen LogP contribution in [0.1, 0.15) is 5.56 Å². The summed E-state index contributed by atoms with van der Waals surface area (Å²) in [6.45, 7) is 0. The van der Waals surface area contributed by atoms with Crippen LogP contribution in [0.15, 0.2) is 62.9 Å². The van der Waals surface area contributed by atoms with Gasteiger partial charge in [0.15, 0.2) is 5.17 Å². The third-order valence-electron chi connectivity index (χ3n) is 2.88. The minimum atomic E-state index is -0.143. The Bertz CT molecular complexity index is 770. The first-order chi connectivity index (χ1) is 10.6. The molecule has 22 heavy (non-hydrogen) atoms. The quantitative estimate of drug-likeness (QED) is 0.730. The zero-order valence-electron chi connectivity index (χ0n) is 11.2. The lowest BCUT2D eigenvalue weighted by atomic mass is 10.2. The Hall–Kier alpha value is -1.56. The van der Waals surface area contributed by atoms with E-state index in [1.807, 2.05) is 42.5 Å². The first-order valence-electron chi connectivity index (χ1n) is 6.41. The molecule has 1 aliphatic rings. The molecule has 0 aromatic heterocycles. The summed E-state index contributed by atoms with van der Waals surface area (Å²) in [5, 5.41) is 4.01. The van der Waals surface area contributed by atoms with E-state index in [1.54, 1.807) is 12.1 Å². The number of benzene rings is 2. The molecule has 1 amide bonds. The smallest absolute Gasteiger partial charge is 0.264 e. The van der Waals surface area contributed by atoms with Crippen LogP contribution in [-0.2, 0) is 4.79 Å². The van der Waals surface area contributed by atoms with Crippen molar-refractivity contribution in [2.75, 3.05) is 0 Å². The number of rotatable bonds is 2. The Kier molecular flexibility index (Phi) is 4.66. The van der Waals surface area contributed by atoms with E-state index >= 15 is 0 Å². The van der Waals surface area contributed by atoms with Gasteiger partial charge in [0.2, 0.25) is 0 Å². The number of halogens is 2. The van der Waals surface area contributed by atoms with Crippen molar-refractivity contribution in [1.82, 2.24) is 5.32 Å². The number of nitrogens with zero attached hydrogens (tertiary/aromatic N) is 1. The van der Waals surface area contributed by atoms with Crippen molar-refractivity contribution in [3.63, 3.8) is 0 Å². The Labute approximate surface area is 145 Å². The number of carbonyl (C=O) groups excluding carboxylic acids is 1. The highest BCUT2D eigenvalue weighted by molar-refractivity contribution is 9.10. The first kappa shape index (κ1) is 15.3. The van der Waals surface area contributed by atoms with Gasteiger partial charge in [-0.3, -0.25) is 4.79 Å². The van der Waals surface area contributed by atoms with Crippen molar-refractivity contribution in [2.24, 2.45) is 4.99 Å². The van der Waals surface area contributed by atoms with Crippen molar-refractivity contribution in [1.29, 1.82) is 0 Å². The molecule has 1 aliphatic heterocycles. The van der Waals surface area contributed by atoms with E-state index in [2.05, 4.69) is 26.2 Å². The lowest BCUT2D eigenvalue weighted by molar-refractivity contribution is -0.115. The second kappa shape index (κ2) is 6.69. The number of hydrogen-bond acceptors (Lipinski definition) is 3. The third kappa shape index (κ3) is 3.80. The molecular weight excluding hydrogens is 384 g/mol. The van der Waals surface area contributed by atoms with Gasteiger partial charge in [-0.25, -0.2) is 4.99 Å². The van der Waals surface area contributed by atoms with Crippen LogP contribution in [0, 0.1) is 0 Å². The largest absolute Gasteiger partial charge is 0.300 e. The molecule has 1 N–H and O–H groups in total. The summed E-state index contributed by atoms with van der Waals surface area (Å²) in [5.74, 6) is -0.143. The normalized spacial score (nSPS) is 18.0. The van der Waals surface area contributed by atoms with Gasteiger partial charge in [0.25, 0.3) is 5.91 Å². The standard InChI is InChI=1S/C16H10BrClN2OS/c17-11-3-7-13(8-4-11)19-16-20-15(21)14(22-16)9-10-1-5-12(18)6-2-10/h1-9H,(H,19,20,21)/b14-9-. The third-order valence-corrected chi connectivity index (χ3v) is 4.57. The van der Waals surface area contributed by atoms with E-state index in [1.165, 1.54) is 11.8 Å². The van der Waals surface area contributed by atoms with Crippen molar-refractivity contribution in [3.8, 4) is 0 Å². The summed E-state index contributed by atoms with van der Waals surface area (Å²) in [4.78, 5) is 17.0. The highest BCUT2D eigenvalue weighted by Gasteiger charge is 2.23. The van der Waals surface area contributed by atoms with Crippen LogP contribution in [0.4, 0.5) is 5.69 Å². The molecule has 3 nitrogen and oxygen atoms in total. The summed E-state index contributed by atoms with van der Waals surface area (Å²) in [6.07, 6.45) is 1.82. The van der Waals surface area contributed by atoms with Gasteiger partial charge >= 0.3 is 0 Å². The molecule has 2 aromatic rings. The van der Waals surface area contributed by atoms with Crippen LogP contribution in [0.3, 0.4) is 0 Å². The SMILES string of the molecule is O=C1NC(=Nc2ccc(Br)cc2)S/C1=C\c1ccc(Cl)cc1. The summed E-state index contributed by atoms with van der Waals surface area (Å²) in [7, 11) is 0. The van der Waals surface area contributed by atoms with Crippen LogP contribution in [0.25, 0.3) is 6.08 Å². The molecule has 110 valence electrons. The highest BCUT2D eigenvalue weighted by Crippen LogP contribution is 2.28. The molecule has 1 fully saturated rings. The fraction of sp³-hybridized carbons (Fsp3) is 0. The molecule has 6 heteroatoms. The minimum Gasteiger partial charge on any atom is -0.300 e. The van der Waals surface area contributed by atoms with Gasteiger partial charge in [0, 0.05) is 9.50 Å². The number of nitrogens with one attached hydrogen (secondary N) is 1. The first-order valence-corrected chi connectivity index (χ1v) is 8.40. The molecule has 0 aliphatic carbocycles. The Morgan fingerprint density at radius 3 is 2.45 bits per heavy atom. The van der Waals surface area contributed by atoms with Crippen LogP contribution in [0.2, 0.25) is 5.02 Å². The monoisotopic (exact) mass is 392 g/mol. The van der Waals surface area contributed by atoms with E-state index in [0.29, 0.717) is 15.1 Å². The molecule has 0 unspecified atom stereocenters. The van der Waals surface area contributed by atoms with Gasteiger partial charge < -0.3 is 5.32 Å². The van der Waals surface area contributed by atoms with Crippen molar-refractivity contribution in [2.45, 2.75) is 0 Å². The van der Waals surface area contributed by atoms with Crippen molar-refractivity contribution < 1.29 is 4.79 Å². The molecule has 0 bridgehead atoms. The lowest BCUT2D eigenvalue weighted by Gasteiger charge is -1.96. The van der Waals surface area contributed by atoms with Crippen LogP contribution in [0.5, 0.6) is 0 Å². The average Bonchev–Trinajstić information content (AvgIpc) is 2.84. The van der Waals surface area contributed by atoms with Crippen molar-refractivity contribution in [3.05, 3.63) is 68.5 Å². The molecule has 2 aromatic carbocycles. The zero-order valence-corrected chi connectivity index (χ0v) is 14.4. The van der Waals surface area contributed by atoms with Gasteiger partial charge in [-0.15, -0.1) is 0 Å². The Morgan fingerprint density at radius 2 is 1.77 bits per heavy atom. The second-order valence-corrected chi connectivity index (χ2v) is 6.89.